The summed E-state index contributed by atoms with van der Waals surface area (Å²) in [4.78, 5) is 4.02. The Kier molecular flexibility index (Phi) is 7.47. The van der Waals surface area contributed by atoms with Crippen LogP contribution < -0.4 is 0 Å². The number of aryl methyl sites for hydroxylation is 2. The van der Waals surface area contributed by atoms with Crippen LogP contribution in [0.3, 0.4) is 0 Å². The molecule has 32 heavy (non-hydrogen) atoms. The molecule has 158 valence electrons. The minimum absolute atomic E-state index is 0.832. The van der Waals surface area contributed by atoms with Gasteiger partial charge in [-0.25, -0.2) is 0 Å². The molecule has 0 heterocycles. The van der Waals surface area contributed by atoms with Crippen molar-refractivity contribution in [2.24, 2.45) is 4.99 Å². The van der Waals surface area contributed by atoms with Crippen molar-refractivity contribution in [2.75, 3.05) is 0 Å². The van der Waals surface area contributed by atoms with Crippen molar-refractivity contribution in [1.29, 1.82) is 0 Å². The number of allylic oxidation sites excluding steroid dienone is 1. The van der Waals surface area contributed by atoms with Gasteiger partial charge in [0.1, 0.15) is 0 Å². The van der Waals surface area contributed by atoms with Gasteiger partial charge in [-0.3, -0.25) is 0 Å². The Morgan fingerprint density at radius 1 is 0.844 bits per heavy atom. The van der Waals surface area contributed by atoms with Crippen LogP contribution in [0.1, 0.15) is 54.9 Å². The molecule has 0 bridgehead atoms. The highest BCUT2D eigenvalue weighted by molar-refractivity contribution is 7.78. The van der Waals surface area contributed by atoms with Crippen LogP contribution in [0.2, 0.25) is 0 Å². The predicted octanol–water partition coefficient (Wildman–Crippen LogP) is 8.20. The van der Waals surface area contributed by atoms with Gasteiger partial charge in [-0.2, -0.15) is 4.99 Å². The van der Waals surface area contributed by atoms with Crippen molar-refractivity contribution < 1.29 is 0 Å². The van der Waals surface area contributed by atoms with Crippen LogP contribution in [-0.4, -0.2) is 5.16 Å². The molecule has 0 N–H and O–H groups in total. The maximum Gasteiger partial charge on any atom is 0.0739 e. The Morgan fingerprint density at radius 3 is 2.38 bits per heavy atom. The first-order valence-electron chi connectivity index (χ1n) is 11.4. The first-order valence-corrected chi connectivity index (χ1v) is 11.8. The van der Waals surface area contributed by atoms with Crippen LogP contribution in [0.15, 0.2) is 77.3 Å². The zero-order valence-corrected chi connectivity index (χ0v) is 19.3. The Labute approximate surface area is 196 Å². The van der Waals surface area contributed by atoms with Gasteiger partial charge in [-0.05, 0) is 96.1 Å². The summed E-state index contributed by atoms with van der Waals surface area (Å²) < 4.78 is 0. The summed E-state index contributed by atoms with van der Waals surface area (Å²) in [6.07, 6.45) is 9.25. The summed E-state index contributed by atoms with van der Waals surface area (Å²) in [7, 11) is 0. The summed E-state index contributed by atoms with van der Waals surface area (Å²) in [5.41, 5.74) is 9.61. The van der Waals surface area contributed by atoms with Gasteiger partial charge in [0, 0.05) is 11.1 Å². The number of thiocarbonyl (C=S) groups is 1. The van der Waals surface area contributed by atoms with Crippen LogP contribution in [0, 0.1) is 11.8 Å². The van der Waals surface area contributed by atoms with E-state index < -0.39 is 0 Å². The third-order valence-electron chi connectivity index (χ3n) is 5.90. The second kappa shape index (κ2) is 10.9. The fraction of sp³-hybridized carbons (Fsp3) is 0.233. The lowest BCUT2D eigenvalue weighted by Gasteiger charge is -2.15. The third-order valence-corrected chi connectivity index (χ3v) is 5.99. The van der Waals surface area contributed by atoms with E-state index in [0.29, 0.717) is 0 Å². The summed E-state index contributed by atoms with van der Waals surface area (Å²) >= 11 is 4.67. The molecular weight excluding hydrogens is 406 g/mol. The smallest absolute Gasteiger partial charge is 0.0739 e. The summed E-state index contributed by atoms with van der Waals surface area (Å²) in [6.45, 7) is 2.24. The van der Waals surface area contributed by atoms with E-state index >= 15 is 0 Å². The lowest BCUT2D eigenvalue weighted by molar-refractivity contribution is 0.717. The van der Waals surface area contributed by atoms with Crippen molar-refractivity contribution in [3.05, 3.63) is 94.6 Å². The molecule has 1 aliphatic rings. The van der Waals surface area contributed by atoms with Gasteiger partial charge in [0.15, 0.2) is 0 Å². The highest BCUT2D eigenvalue weighted by Crippen LogP contribution is 2.29. The molecule has 0 spiro atoms. The quantitative estimate of drug-likeness (QED) is 0.165. The Balaban J connectivity index is 1.46. The molecule has 3 aromatic carbocycles. The van der Waals surface area contributed by atoms with E-state index in [1.54, 1.807) is 0 Å². The summed E-state index contributed by atoms with van der Waals surface area (Å²) in [6, 6.07) is 23.5. The molecule has 0 atom stereocenters. The van der Waals surface area contributed by atoms with Gasteiger partial charge in [-0.1, -0.05) is 74.1 Å². The summed E-state index contributed by atoms with van der Waals surface area (Å²) in [5.74, 6) is 6.75. The number of fused-ring (bicyclic) bond motifs is 1. The van der Waals surface area contributed by atoms with Gasteiger partial charge in [-0.15, -0.1) is 0 Å². The van der Waals surface area contributed by atoms with E-state index in [1.807, 2.05) is 12.1 Å². The normalized spacial score (nSPS) is 12.1. The summed E-state index contributed by atoms with van der Waals surface area (Å²) in [5, 5.41) is 2.41. The number of benzene rings is 3. The lowest BCUT2D eigenvalue weighted by Crippen LogP contribution is -1.98. The van der Waals surface area contributed by atoms with Gasteiger partial charge in [0.25, 0.3) is 0 Å². The van der Waals surface area contributed by atoms with Gasteiger partial charge in [0.2, 0.25) is 0 Å². The number of unbranched alkanes of at least 4 members (excludes halogenated alkanes) is 2. The van der Waals surface area contributed by atoms with E-state index in [4.69, 9.17) is 0 Å². The highest BCUT2D eigenvalue weighted by atomic mass is 32.1. The van der Waals surface area contributed by atoms with E-state index in [9.17, 15) is 0 Å². The minimum atomic E-state index is 0.832. The van der Waals surface area contributed by atoms with Crippen molar-refractivity contribution in [1.82, 2.24) is 0 Å². The zero-order chi connectivity index (χ0) is 22.2. The largest absolute Gasteiger partial charge is 0.195 e. The van der Waals surface area contributed by atoms with Gasteiger partial charge < -0.3 is 0 Å². The average Bonchev–Trinajstić information content (AvgIpc) is 2.84. The highest BCUT2D eigenvalue weighted by Gasteiger charge is 2.10. The number of nitrogens with zero attached hydrogens (tertiary/aromatic N) is 1. The molecule has 0 saturated carbocycles. The maximum absolute atomic E-state index is 4.67. The molecule has 0 unspecified atom stereocenters. The first kappa shape index (κ1) is 22.0. The van der Waals surface area contributed by atoms with Crippen LogP contribution >= 0.6 is 12.2 Å². The molecular formula is C30H27NS. The Bertz CT molecular complexity index is 1210. The first-order chi connectivity index (χ1) is 15.7. The maximum atomic E-state index is 4.67. The number of aliphatic imine (C=N–C) groups is 1. The zero-order valence-electron chi connectivity index (χ0n) is 18.5. The van der Waals surface area contributed by atoms with E-state index in [2.05, 4.69) is 102 Å². The number of hydrogen-bond donors (Lipinski definition) is 0. The fourth-order valence-corrected chi connectivity index (χ4v) is 4.14. The van der Waals surface area contributed by atoms with Crippen LogP contribution in [0.25, 0.3) is 17.2 Å². The predicted molar refractivity (Wildman–Crippen MR) is 139 cm³/mol. The van der Waals surface area contributed by atoms with Gasteiger partial charge in [0.05, 0.1) is 10.8 Å². The van der Waals surface area contributed by atoms with E-state index in [1.165, 1.54) is 52.7 Å². The molecule has 0 radical (unpaired) electrons. The average molecular weight is 434 g/mol. The molecule has 0 amide bonds. The van der Waals surface area contributed by atoms with Crippen molar-refractivity contribution in [3.63, 3.8) is 0 Å². The molecule has 3 aromatic rings. The van der Waals surface area contributed by atoms with Crippen LogP contribution in [-0.2, 0) is 12.8 Å². The standard InChI is InChI=1S/C30H27NS/c1-2-3-4-5-23-6-8-24(9-7-23)10-11-25-12-13-29-21-28(15-14-27(29)20-25)26-16-18-30(19-17-26)31-22-32/h6-9,14-21H,2-5,12-13H2,1H3. The molecule has 0 aliphatic heterocycles. The van der Waals surface area contributed by atoms with Crippen LogP contribution in [0.4, 0.5) is 5.69 Å². The van der Waals surface area contributed by atoms with Crippen molar-refractivity contribution >= 4 is 29.1 Å². The molecule has 0 aromatic heterocycles. The van der Waals surface area contributed by atoms with Crippen molar-refractivity contribution in [2.45, 2.75) is 45.4 Å². The number of isothiocyanates is 1. The molecule has 1 nitrogen and oxygen atoms in total. The second-order valence-corrected chi connectivity index (χ2v) is 8.42. The van der Waals surface area contributed by atoms with Crippen LogP contribution in [0.5, 0.6) is 0 Å². The third kappa shape index (κ3) is 5.71. The molecule has 0 saturated heterocycles. The Morgan fingerprint density at radius 2 is 1.62 bits per heavy atom. The molecule has 4 rings (SSSR count). The van der Waals surface area contributed by atoms with E-state index in [0.717, 1.165) is 30.5 Å². The van der Waals surface area contributed by atoms with Gasteiger partial charge >= 0.3 is 0 Å². The van der Waals surface area contributed by atoms with E-state index in [-0.39, 0.29) is 0 Å². The second-order valence-electron chi connectivity index (χ2n) is 8.24. The minimum Gasteiger partial charge on any atom is -0.195 e. The molecule has 1 aliphatic carbocycles. The number of hydrogen-bond acceptors (Lipinski definition) is 2. The lowest BCUT2D eigenvalue weighted by atomic mass is 9.89. The Hall–Kier alpha value is -3.24. The fourth-order valence-electron chi connectivity index (χ4n) is 4.04. The molecule has 2 heteroatoms. The van der Waals surface area contributed by atoms with Crippen molar-refractivity contribution in [3.8, 4) is 23.0 Å². The monoisotopic (exact) mass is 433 g/mol. The topological polar surface area (TPSA) is 12.4 Å². The SMILES string of the molecule is CCCCCc1ccc(C#CC2=Cc3ccc(-c4ccc(N=C=S)cc4)cc3CC2)cc1. The molecule has 0 fully saturated rings. The number of rotatable bonds is 6.